The van der Waals surface area contributed by atoms with Crippen LogP contribution in [0.4, 0.5) is 5.69 Å². The molecule has 1 N–H and O–H groups in total. The second-order valence-electron chi connectivity index (χ2n) is 4.56. The lowest BCUT2D eigenvalue weighted by atomic mass is 10.1. The molecule has 0 amide bonds. The molecule has 0 saturated carbocycles. The second kappa shape index (κ2) is 6.10. The molecule has 0 unspecified atom stereocenters. The van der Waals surface area contributed by atoms with Crippen molar-refractivity contribution in [3.8, 4) is 0 Å². The highest BCUT2D eigenvalue weighted by atomic mass is 35.5. The van der Waals surface area contributed by atoms with Gasteiger partial charge < -0.3 is 10.4 Å². The van der Waals surface area contributed by atoms with Gasteiger partial charge in [-0.1, -0.05) is 47.8 Å². The summed E-state index contributed by atoms with van der Waals surface area (Å²) in [4.78, 5) is 1.43. The molecule has 2 nitrogen and oxygen atoms in total. The Morgan fingerprint density at radius 1 is 1.19 bits per heavy atom. The number of para-hydroxylation sites is 1. The summed E-state index contributed by atoms with van der Waals surface area (Å²) < 4.78 is 0. The van der Waals surface area contributed by atoms with E-state index in [9.17, 15) is 5.11 Å². The lowest BCUT2D eigenvalue weighted by molar-refractivity contribution is -0.244. The van der Waals surface area contributed by atoms with E-state index in [1.54, 1.807) is 23.9 Å². The summed E-state index contributed by atoms with van der Waals surface area (Å²) in [5, 5.41) is 16.2. The molecule has 0 radical (unpaired) electrons. The van der Waals surface area contributed by atoms with Gasteiger partial charge in [0.15, 0.2) is 0 Å². The van der Waals surface area contributed by atoms with Crippen LogP contribution in [-0.2, 0) is 0 Å². The van der Waals surface area contributed by atoms with E-state index in [1.807, 2.05) is 36.4 Å². The SMILES string of the molecule is [O-]C1=C(C(=S)Nc2ccccc2)CSc2ccc(Cl)cc21. The van der Waals surface area contributed by atoms with Crippen molar-refractivity contribution in [2.24, 2.45) is 0 Å². The highest BCUT2D eigenvalue weighted by molar-refractivity contribution is 7.99. The molecule has 0 fully saturated rings. The van der Waals surface area contributed by atoms with E-state index < -0.39 is 0 Å². The van der Waals surface area contributed by atoms with Crippen molar-refractivity contribution in [3.63, 3.8) is 0 Å². The van der Waals surface area contributed by atoms with Crippen LogP contribution in [-0.4, -0.2) is 10.7 Å². The maximum atomic E-state index is 12.6. The molecule has 0 aliphatic carbocycles. The van der Waals surface area contributed by atoms with Crippen LogP contribution in [0.1, 0.15) is 5.56 Å². The summed E-state index contributed by atoms with van der Waals surface area (Å²) in [6, 6.07) is 15.0. The molecule has 106 valence electrons. The van der Waals surface area contributed by atoms with E-state index in [0.717, 1.165) is 10.6 Å². The normalized spacial score (nSPS) is 13.8. The standard InChI is InChI=1S/C16H12ClNOS2/c17-10-6-7-14-12(8-10)15(19)13(9-21-14)16(20)18-11-4-2-1-3-5-11/h1-8,19H,9H2,(H,18,20)/p-1. The molecular weight excluding hydrogens is 322 g/mol. The average molecular weight is 333 g/mol. The lowest BCUT2D eigenvalue weighted by Crippen LogP contribution is -2.22. The van der Waals surface area contributed by atoms with Gasteiger partial charge in [0.25, 0.3) is 0 Å². The topological polar surface area (TPSA) is 35.1 Å². The molecule has 3 rings (SSSR count). The quantitative estimate of drug-likeness (QED) is 0.844. The van der Waals surface area contributed by atoms with Crippen LogP contribution < -0.4 is 10.4 Å². The predicted octanol–water partition coefficient (Wildman–Crippen LogP) is 3.96. The molecule has 1 heterocycles. The molecule has 1 aliphatic heterocycles. The van der Waals surface area contributed by atoms with Gasteiger partial charge in [-0.3, -0.25) is 0 Å². The van der Waals surface area contributed by atoms with Gasteiger partial charge in [-0.05, 0) is 41.5 Å². The molecule has 2 aromatic rings. The summed E-state index contributed by atoms with van der Waals surface area (Å²) in [6.45, 7) is 0. The molecule has 0 atom stereocenters. The molecular formula is C16H11ClNOS2-. The van der Waals surface area contributed by atoms with Gasteiger partial charge in [0.05, 0.1) is 0 Å². The number of benzene rings is 2. The third kappa shape index (κ3) is 3.07. The summed E-state index contributed by atoms with van der Waals surface area (Å²) >= 11 is 13.0. The second-order valence-corrected chi connectivity index (χ2v) is 6.42. The summed E-state index contributed by atoms with van der Waals surface area (Å²) in [6.07, 6.45) is 0. The predicted molar refractivity (Wildman–Crippen MR) is 91.8 cm³/mol. The van der Waals surface area contributed by atoms with E-state index in [1.165, 1.54) is 0 Å². The molecule has 0 saturated heterocycles. The Bertz CT molecular complexity index is 728. The first-order valence-electron chi connectivity index (χ1n) is 6.34. The highest BCUT2D eigenvalue weighted by Crippen LogP contribution is 2.36. The molecule has 0 bridgehead atoms. The first-order chi connectivity index (χ1) is 10.1. The maximum Gasteiger partial charge on any atom is 0.107 e. The number of thioether (sulfide) groups is 1. The minimum Gasteiger partial charge on any atom is -0.872 e. The molecule has 0 spiro atoms. The fourth-order valence-electron chi connectivity index (χ4n) is 2.08. The van der Waals surface area contributed by atoms with Gasteiger partial charge >= 0.3 is 0 Å². The van der Waals surface area contributed by atoms with Crippen molar-refractivity contribution < 1.29 is 5.11 Å². The van der Waals surface area contributed by atoms with Gasteiger partial charge in [-0.2, -0.15) is 0 Å². The van der Waals surface area contributed by atoms with Crippen molar-refractivity contribution in [2.45, 2.75) is 4.90 Å². The van der Waals surface area contributed by atoms with Crippen LogP contribution in [0.15, 0.2) is 59.0 Å². The summed E-state index contributed by atoms with van der Waals surface area (Å²) in [7, 11) is 0. The number of fused-ring (bicyclic) bond motifs is 1. The number of anilines is 1. The number of hydrogen-bond acceptors (Lipinski definition) is 3. The largest absolute Gasteiger partial charge is 0.872 e. The first kappa shape index (κ1) is 14.4. The Hall–Kier alpha value is -1.49. The zero-order chi connectivity index (χ0) is 14.8. The average Bonchev–Trinajstić information content (AvgIpc) is 2.49. The fraction of sp³-hybridized carbons (Fsp3) is 0.0625. The molecule has 5 heteroatoms. The van der Waals surface area contributed by atoms with Crippen LogP contribution in [0.2, 0.25) is 5.02 Å². The van der Waals surface area contributed by atoms with E-state index in [2.05, 4.69) is 5.32 Å². The Morgan fingerprint density at radius 3 is 2.71 bits per heavy atom. The molecule has 0 aromatic heterocycles. The van der Waals surface area contributed by atoms with Gasteiger partial charge in [-0.25, -0.2) is 0 Å². The van der Waals surface area contributed by atoms with Crippen molar-refractivity contribution in [3.05, 3.63) is 64.7 Å². The van der Waals surface area contributed by atoms with Crippen molar-refractivity contribution >= 4 is 52.0 Å². The van der Waals surface area contributed by atoms with Crippen LogP contribution >= 0.6 is 35.6 Å². The molecule has 21 heavy (non-hydrogen) atoms. The molecule has 2 aromatic carbocycles. The number of rotatable bonds is 2. The van der Waals surface area contributed by atoms with E-state index in [-0.39, 0.29) is 5.76 Å². The molecule has 1 aliphatic rings. The summed E-state index contributed by atoms with van der Waals surface area (Å²) in [5.74, 6) is 0.534. The Labute approximate surface area is 137 Å². The van der Waals surface area contributed by atoms with Crippen LogP contribution in [0, 0.1) is 0 Å². The van der Waals surface area contributed by atoms with Gasteiger partial charge in [0.1, 0.15) is 4.99 Å². The Kier molecular flexibility index (Phi) is 4.19. The van der Waals surface area contributed by atoms with Crippen molar-refractivity contribution in [1.82, 2.24) is 0 Å². The monoisotopic (exact) mass is 332 g/mol. The van der Waals surface area contributed by atoms with E-state index >= 15 is 0 Å². The minimum atomic E-state index is -0.0420. The lowest BCUT2D eigenvalue weighted by Gasteiger charge is -2.27. The van der Waals surface area contributed by atoms with Gasteiger partial charge in [0, 0.05) is 21.4 Å². The van der Waals surface area contributed by atoms with E-state index in [4.69, 9.17) is 23.8 Å². The zero-order valence-electron chi connectivity index (χ0n) is 10.9. The minimum absolute atomic E-state index is 0.0420. The first-order valence-corrected chi connectivity index (χ1v) is 8.11. The van der Waals surface area contributed by atoms with Crippen molar-refractivity contribution in [2.75, 3.05) is 11.1 Å². The highest BCUT2D eigenvalue weighted by Gasteiger charge is 2.17. The van der Waals surface area contributed by atoms with Gasteiger partial charge in [-0.15, -0.1) is 11.8 Å². The zero-order valence-corrected chi connectivity index (χ0v) is 13.3. The van der Waals surface area contributed by atoms with Crippen molar-refractivity contribution in [1.29, 1.82) is 0 Å². The summed E-state index contributed by atoms with van der Waals surface area (Å²) in [5.41, 5.74) is 2.13. The number of hydrogen-bond donors (Lipinski definition) is 1. The third-order valence-corrected chi connectivity index (χ3v) is 4.82. The van der Waals surface area contributed by atoms with Crippen LogP contribution in [0.3, 0.4) is 0 Å². The number of nitrogens with one attached hydrogen (secondary N) is 1. The fourth-order valence-corrected chi connectivity index (χ4v) is 3.67. The smallest absolute Gasteiger partial charge is 0.107 e. The Morgan fingerprint density at radius 2 is 1.95 bits per heavy atom. The van der Waals surface area contributed by atoms with E-state index in [0.29, 0.717) is 26.9 Å². The van der Waals surface area contributed by atoms with Gasteiger partial charge in [0.2, 0.25) is 0 Å². The van der Waals surface area contributed by atoms with Crippen LogP contribution in [0.25, 0.3) is 5.76 Å². The Balaban J connectivity index is 1.91. The maximum absolute atomic E-state index is 12.6. The third-order valence-electron chi connectivity index (χ3n) is 3.14. The van der Waals surface area contributed by atoms with Crippen LogP contribution in [0.5, 0.6) is 0 Å². The number of thiocarbonyl (C=S) groups is 1. The number of halogens is 1.